The zero-order chi connectivity index (χ0) is 9.16. The van der Waals surface area contributed by atoms with Crippen molar-refractivity contribution in [2.75, 3.05) is 0 Å². The number of hydrogen-bond acceptors (Lipinski definition) is 4. The summed E-state index contributed by atoms with van der Waals surface area (Å²) < 4.78 is 5.45. The molecule has 0 aromatic rings. The van der Waals surface area contributed by atoms with Crippen molar-refractivity contribution < 1.29 is 19.5 Å². The molecule has 3 heterocycles. The molecule has 0 aliphatic carbocycles. The van der Waals surface area contributed by atoms with Gasteiger partial charge in [-0.3, -0.25) is 14.8 Å². The molecule has 13 heavy (non-hydrogen) atoms. The molecule has 4 atom stereocenters. The van der Waals surface area contributed by atoms with Gasteiger partial charge in [-0.15, -0.1) is 0 Å². The summed E-state index contributed by atoms with van der Waals surface area (Å²) in [6, 6.07) is 0. The lowest BCUT2D eigenvalue weighted by molar-refractivity contribution is -0.175. The summed E-state index contributed by atoms with van der Waals surface area (Å²) in [5, 5.41) is 9.38. The molecule has 0 radical (unpaired) electrons. The van der Waals surface area contributed by atoms with Crippen LogP contribution in [-0.2, 0) is 14.3 Å². The van der Waals surface area contributed by atoms with E-state index in [2.05, 4.69) is 0 Å². The van der Waals surface area contributed by atoms with E-state index in [-0.39, 0.29) is 17.3 Å². The highest BCUT2D eigenvalue weighted by atomic mass is 16.5. The number of nitrogens with zero attached hydrogens (tertiary/aromatic N) is 1. The first-order valence-electron chi connectivity index (χ1n) is 4.42. The Kier molecular flexibility index (Phi) is 1.21. The number of carbonyl (C=O) groups excluding carboxylic acids is 2. The number of imide groups is 1. The van der Waals surface area contributed by atoms with Gasteiger partial charge in [0.2, 0.25) is 0 Å². The highest BCUT2D eigenvalue weighted by molar-refractivity contribution is 6.04. The molecule has 2 bridgehead atoms. The molecule has 1 N–H and O–H groups in total. The van der Waals surface area contributed by atoms with Crippen molar-refractivity contribution in [2.45, 2.75) is 25.0 Å². The van der Waals surface area contributed by atoms with Crippen molar-refractivity contribution in [1.82, 2.24) is 5.06 Å². The summed E-state index contributed by atoms with van der Waals surface area (Å²) >= 11 is 0. The van der Waals surface area contributed by atoms with E-state index in [1.807, 2.05) is 0 Å². The predicted molar refractivity (Wildman–Crippen MR) is 38.5 cm³/mol. The second kappa shape index (κ2) is 2.10. The first kappa shape index (κ1) is 7.46. The van der Waals surface area contributed by atoms with Crippen LogP contribution in [0.4, 0.5) is 0 Å². The van der Waals surface area contributed by atoms with Crippen LogP contribution in [0.1, 0.15) is 12.8 Å². The van der Waals surface area contributed by atoms with E-state index >= 15 is 0 Å². The van der Waals surface area contributed by atoms with Gasteiger partial charge in [0.1, 0.15) is 0 Å². The van der Waals surface area contributed by atoms with Crippen LogP contribution in [0.15, 0.2) is 0 Å². The van der Waals surface area contributed by atoms with Gasteiger partial charge in [-0.05, 0) is 12.8 Å². The molecule has 0 aromatic carbocycles. The first-order valence-corrected chi connectivity index (χ1v) is 4.42. The standard InChI is InChI=1S/C8H9NO4/c10-7-5-3-1-2-4(13-3)6(5)8(11)9(7)12/h3-6,12H,1-2H2/t3-,4+,5-,6+. The lowest BCUT2D eigenvalue weighted by atomic mass is 9.81. The zero-order valence-corrected chi connectivity index (χ0v) is 6.84. The smallest absolute Gasteiger partial charge is 0.259 e. The molecule has 3 aliphatic rings. The van der Waals surface area contributed by atoms with Crippen LogP contribution in [0.25, 0.3) is 0 Å². The quantitative estimate of drug-likeness (QED) is 0.407. The van der Waals surface area contributed by atoms with Crippen molar-refractivity contribution in [3.8, 4) is 0 Å². The fraction of sp³-hybridized carbons (Fsp3) is 0.750. The van der Waals surface area contributed by atoms with E-state index in [0.717, 1.165) is 12.8 Å². The second-order valence-corrected chi connectivity index (χ2v) is 3.83. The maximum absolute atomic E-state index is 11.4. The van der Waals surface area contributed by atoms with Crippen molar-refractivity contribution in [1.29, 1.82) is 0 Å². The maximum atomic E-state index is 11.4. The largest absolute Gasteiger partial charge is 0.373 e. The predicted octanol–water partition coefficient (Wildman–Crippen LogP) is -0.462. The number of hydrogen-bond donors (Lipinski definition) is 1. The van der Waals surface area contributed by atoms with E-state index in [1.165, 1.54) is 0 Å². The van der Waals surface area contributed by atoms with Crippen molar-refractivity contribution in [3.63, 3.8) is 0 Å². The molecule has 3 fully saturated rings. The summed E-state index contributed by atoms with van der Waals surface area (Å²) in [5.41, 5.74) is 0. The summed E-state index contributed by atoms with van der Waals surface area (Å²) in [4.78, 5) is 22.7. The molecule has 0 spiro atoms. The SMILES string of the molecule is O=C1[C@@H]2[C@H](C(=O)N1O)[C@H]1CC[C@@H]2O1. The summed E-state index contributed by atoms with van der Waals surface area (Å²) in [6.45, 7) is 0. The molecule has 0 saturated carbocycles. The third-order valence-corrected chi connectivity index (χ3v) is 3.26. The van der Waals surface area contributed by atoms with Crippen LogP contribution in [0, 0.1) is 11.8 Å². The van der Waals surface area contributed by atoms with Crippen LogP contribution in [-0.4, -0.2) is 34.3 Å². The Morgan fingerprint density at radius 1 is 1.15 bits per heavy atom. The minimum atomic E-state index is -0.484. The monoisotopic (exact) mass is 183 g/mol. The minimum Gasteiger partial charge on any atom is -0.373 e. The highest BCUT2D eigenvalue weighted by Crippen LogP contribution is 2.47. The van der Waals surface area contributed by atoms with E-state index in [9.17, 15) is 9.59 Å². The molecular formula is C8H9NO4. The normalized spacial score (nSPS) is 47.6. The van der Waals surface area contributed by atoms with Gasteiger partial charge in [0.05, 0.1) is 24.0 Å². The van der Waals surface area contributed by atoms with E-state index in [1.54, 1.807) is 0 Å². The number of hydroxylamine groups is 2. The van der Waals surface area contributed by atoms with Gasteiger partial charge in [-0.25, -0.2) is 0 Å². The Labute approximate surface area is 74.2 Å². The average Bonchev–Trinajstić information content (AvgIpc) is 2.76. The van der Waals surface area contributed by atoms with Gasteiger partial charge < -0.3 is 4.74 Å². The zero-order valence-electron chi connectivity index (χ0n) is 6.84. The lowest BCUT2D eigenvalue weighted by Crippen LogP contribution is -2.30. The molecule has 0 unspecified atom stereocenters. The molecule has 3 aliphatic heterocycles. The molecule has 70 valence electrons. The van der Waals surface area contributed by atoms with Crippen LogP contribution in [0.5, 0.6) is 0 Å². The lowest BCUT2D eigenvalue weighted by Gasteiger charge is -2.14. The number of amides is 2. The molecule has 3 rings (SSSR count). The topological polar surface area (TPSA) is 66.8 Å². The van der Waals surface area contributed by atoms with E-state index in [4.69, 9.17) is 9.94 Å². The van der Waals surface area contributed by atoms with Crippen molar-refractivity contribution >= 4 is 11.8 Å². The van der Waals surface area contributed by atoms with E-state index < -0.39 is 23.7 Å². The van der Waals surface area contributed by atoms with Gasteiger partial charge >= 0.3 is 0 Å². The van der Waals surface area contributed by atoms with Crippen molar-refractivity contribution in [3.05, 3.63) is 0 Å². The minimum absolute atomic E-state index is 0.136. The molecule has 5 heteroatoms. The van der Waals surface area contributed by atoms with Crippen LogP contribution in [0.2, 0.25) is 0 Å². The fourth-order valence-electron chi connectivity index (χ4n) is 2.70. The van der Waals surface area contributed by atoms with Crippen LogP contribution < -0.4 is 0 Å². The fourth-order valence-corrected chi connectivity index (χ4v) is 2.70. The molecule has 2 amide bonds. The molecule has 5 nitrogen and oxygen atoms in total. The third-order valence-electron chi connectivity index (χ3n) is 3.26. The summed E-state index contributed by atoms with van der Waals surface area (Å²) in [6.07, 6.45) is 1.39. The molecular weight excluding hydrogens is 174 g/mol. The van der Waals surface area contributed by atoms with Gasteiger partial charge in [-0.1, -0.05) is 0 Å². The van der Waals surface area contributed by atoms with Crippen LogP contribution in [0.3, 0.4) is 0 Å². The van der Waals surface area contributed by atoms with Gasteiger partial charge in [0, 0.05) is 0 Å². The Morgan fingerprint density at radius 3 is 2.08 bits per heavy atom. The Hall–Kier alpha value is -0.940. The van der Waals surface area contributed by atoms with Gasteiger partial charge in [0.25, 0.3) is 11.8 Å². The van der Waals surface area contributed by atoms with Gasteiger partial charge in [0.15, 0.2) is 0 Å². The van der Waals surface area contributed by atoms with Crippen molar-refractivity contribution in [2.24, 2.45) is 11.8 Å². The second-order valence-electron chi connectivity index (χ2n) is 3.83. The van der Waals surface area contributed by atoms with Gasteiger partial charge in [-0.2, -0.15) is 5.06 Å². The Bertz CT molecular complexity index is 275. The summed E-state index contributed by atoms with van der Waals surface area (Å²) in [7, 11) is 0. The highest BCUT2D eigenvalue weighted by Gasteiger charge is 2.62. The number of rotatable bonds is 0. The number of fused-ring (bicyclic) bond motifs is 5. The van der Waals surface area contributed by atoms with E-state index in [0.29, 0.717) is 0 Å². The average molecular weight is 183 g/mol. The summed E-state index contributed by atoms with van der Waals surface area (Å²) in [5.74, 6) is -1.78. The Morgan fingerprint density at radius 2 is 1.62 bits per heavy atom. The maximum Gasteiger partial charge on any atom is 0.259 e. The third kappa shape index (κ3) is 0.698. The molecule has 3 saturated heterocycles. The Balaban J connectivity index is 2.03. The number of carbonyl (C=O) groups is 2. The van der Waals surface area contributed by atoms with Crippen LogP contribution >= 0.6 is 0 Å². The first-order chi connectivity index (χ1) is 6.20. The molecule has 0 aromatic heterocycles. The number of ether oxygens (including phenoxy) is 1.